The Morgan fingerprint density at radius 2 is 1.84 bits per heavy atom. The van der Waals surface area contributed by atoms with E-state index in [0.29, 0.717) is 5.69 Å². The van der Waals surface area contributed by atoms with Crippen molar-refractivity contribution < 1.29 is 27.8 Å². The van der Waals surface area contributed by atoms with Crippen molar-refractivity contribution in [3.63, 3.8) is 0 Å². The molecule has 3 aromatic rings. The van der Waals surface area contributed by atoms with E-state index in [1.165, 1.54) is 42.0 Å². The summed E-state index contributed by atoms with van der Waals surface area (Å²) in [6.45, 7) is 1.33. The Bertz CT molecular complexity index is 1290. The SMILES string of the molecule is COC(=O)c1ccc(C(N)=O)cc1-n1c(C)cc(OCc2ccc(F)cc2F)c(Br)c1=O. The molecule has 10 heteroatoms. The lowest BCUT2D eigenvalue weighted by molar-refractivity contribution is 0.0600. The van der Waals surface area contributed by atoms with Gasteiger partial charge in [0.2, 0.25) is 5.91 Å². The van der Waals surface area contributed by atoms with Crippen LogP contribution in [0, 0.1) is 18.6 Å². The van der Waals surface area contributed by atoms with E-state index in [9.17, 15) is 23.2 Å². The summed E-state index contributed by atoms with van der Waals surface area (Å²) in [6, 6.07) is 8.56. The fourth-order valence-corrected chi connectivity index (χ4v) is 3.44. The van der Waals surface area contributed by atoms with Crippen LogP contribution in [0.25, 0.3) is 5.69 Å². The lowest BCUT2D eigenvalue weighted by atomic mass is 10.1. The van der Waals surface area contributed by atoms with Crippen molar-refractivity contribution in [1.82, 2.24) is 4.57 Å². The maximum atomic E-state index is 13.9. The minimum absolute atomic E-state index is 0.00841. The quantitative estimate of drug-likeness (QED) is 0.514. The van der Waals surface area contributed by atoms with Gasteiger partial charge in [-0.05, 0) is 53.2 Å². The van der Waals surface area contributed by atoms with E-state index in [0.717, 1.165) is 12.1 Å². The number of nitrogens with two attached hydrogens (primary N) is 1. The third-order valence-corrected chi connectivity index (χ3v) is 5.36. The van der Waals surface area contributed by atoms with Gasteiger partial charge in [0.1, 0.15) is 28.5 Å². The standard InChI is InChI=1S/C22H17BrF2N2O5/c1-11-7-18(32-10-13-3-5-14(24)9-16(13)25)19(23)21(29)27(11)17-8-12(20(26)28)4-6-15(17)22(30)31-2/h3-9H,10H2,1-2H3,(H2,26,28). The molecule has 0 aliphatic heterocycles. The fourth-order valence-electron chi connectivity index (χ4n) is 3.03. The first-order valence-corrected chi connectivity index (χ1v) is 9.94. The predicted octanol–water partition coefficient (Wildman–Crippen LogP) is 3.65. The Kier molecular flexibility index (Phi) is 6.73. The van der Waals surface area contributed by atoms with Crippen LogP contribution in [-0.4, -0.2) is 23.6 Å². The highest BCUT2D eigenvalue weighted by Crippen LogP contribution is 2.27. The van der Waals surface area contributed by atoms with Gasteiger partial charge in [-0.3, -0.25) is 14.2 Å². The van der Waals surface area contributed by atoms with Gasteiger partial charge in [-0.15, -0.1) is 0 Å². The number of carbonyl (C=O) groups is 2. The molecule has 2 N–H and O–H groups in total. The predicted molar refractivity (Wildman–Crippen MR) is 115 cm³/mol. The number of carbonyl (C=O) groups excluding carboxylic acids is 2. The molecule has 1 aromatic heterocycles. The molecule has 0 radical (unpaired) electrons. The average molecular weight is 507 g/mol. The van der Waals surface area contributed by atoms with Crippen molar-refractivity contribution >= 4 is 27.8 Å². The number of rotatable bonds is 6. The van der Waals surface area contributed by atoms with E-state index in [-0.39, 0.29) is 39.2 Å². The molecule has 2 aromatic carbocycles. The zero-order valence-electron chi connectivity index (χ0n) is 16.9. The second-order valence-corrected chi connectivity index (χ2v) is 7.51. The Labute approximate surface area is 189 Å². The number of ether oxygens (including phenoxy) is 2. The molecule has 0 aliphatic carbocycles. The van der Waals surface area contributed by atoms with E-state index in [4.69, 9.17) is 15.2 Å². The first-order valence-electron chi connectivity index (χ1n) is 9.15. The number of hydrogen-bond donors (Lipinski definition) is 1. The average Bonchev–Trinajstić information content (AvgIpc) is 2.75. The summed E-state index contributed by atoms with van der Waals surface area (Å²) < 4.78 is 38.5. The van der Waals surface area contributed by atoms with E-state index in [1.54, 1.807) is 6.92 Å². The van der Waals surface area contributed by atoms with E-state index in [1.807, 2.05) is 0 Å². The molecule has 0 aliphatic rings. The summed E-state index contributed by atoms with van der Waals surface area (Å²) in [5.74, 6) is -2.85. The molecule has 0 saturated heterocycles. The van der Waals surface area contributed by atoms with Gasteiger partial charge in [0.05, 0.1) is 18.4 Å². The smallest absolute Gasteiger partial charge is 0.339 e. The number of nitrogens with zero attached hydrogens (tertiary/aromatic N) is 1. The van der Waals surface area contributed by atoms with E-state index < -0.39 is 29.1 Å². The Morgan fingerprint density at radius 1 is 1.12 bits per heavy atom. The first kappa shape index (κ1) is 23.1. The number of methoxy groups -OCH3 is 1. The van der Waals surface area contributed by atoms with Crippen molar-refractivity contribution in [3.8, 4) is 11.4 Å². The molecule has 1 amide bonds. The lowest BCUT2D eigenvalue weighted by Gasteiger charge is -2.17. The van der Waals surface area contributed by atoms with E-state index >= 15 is 0 Å². The summed E-state index contributed by atoms with van der Waals surface area (Å²) >= 11 is 3.17. The molecule has 1 heterocycles. The van der Waals surface area contributed by atoms with Crippen molar-refractivity contribution in [2.75, 3.05) is 7.11 Å². The molecule has 166 valence electrons. The number of amides is 1. The molecule has 0 spiro atoms. The van der Waals surface area contributed by atoms with Crippen molar-refractivity contribution in [3.05, 3.63) is 91.3 Å². The number of hydrogen-bond acceptors (Lipinski definition) is 5. The van der Waals surface area contributed by atoms with Crippen molar-refractivity contribution in [2.45, 2.75) is 13.5 Å². The molecular weight excluding hydrogens is 490 g/mol. The van der Waals surface area contributed by atoms with Gasteiger partial charge in [-0.1, -0.05) is 0 Å². The molecule has 32 heavy (non-hydrogen) atoms. The maximum Gasteiger partial charge on any atom is 0.339 e. The van der Waals surface area contributed by atoms with Crippen LogP contribution < -0.4 is 16.0 Å². The number of esters is 1. The highest BCUT2D eigenvalue weighted by atomic mass is 79.9. The number of aryl methyl sites for hydroxylation is 1. The Morgan fingerprint density at radius 3 is 2.47 bits per heavy atom. The highest BCUT2D eigenvalue weighted by Gasteiger charge is 2.21. The number of aromatic nitrogens is 1. The Hall–Kier alpha value is -3.53. The normalized spacial score (nSPS) is 10.7. The highest BCUT2D eigenvalue weighted by molar-refractivity contribution is 9.10. The van der Waals surface area contributed by atoms with Crippen LogP contribution in [0.2, 0.25) is 0 Å². The number of primary amides is 1. The molecule has 7 nitrogen and oxygen atoms in total. The zero-order chi connectivity index (χ0) is 23.6. The van der Waals surface area contributed by atoms with Crippen LogP contribution >= 0.6 is 15.9 Å². The van der Waals surface area contributed by atoms with Crippen LogP contribution in [0.3, 0.4) is 0 Å². The maximum absolute atomic E-state index is 13.9. The van der Waals surface area contributed by atoms with Crippen molar-refractivity contribution in [1.29, 1.82) is 0 Å². The molecule has 0 unspecified atom stereocenters. The van der Waals surface area contributed by atoms with Gasteiger partial charge >= 0.3 is 5.97 Å². The molecule has 0 atom stereocenters. The summed E-state index contributed by atoms with van der Waals surface area (Å²) in [6.07, 6.45) is 0. The van der Waals surface area contributed by atoms with Gasteiger partial charge in [-0.2, -0.15) is 0 Å². The molecule has 0 bridgehead atoms. The monoisotopic (exact) mass is 506 g/mol. The lowest BCUT2D eigenvalue weighted by Crippen LogP contribution is -2.25. The summed E-state index contributed by atoms with van der Waals surface area (Å²) in [5.41, 5.74) is 5.40. The minimum Gasteiger partial charge on any atom is -0.487 e. The molecule has 3 rings (SSSR count). The number of halogens is 3. The fraction of sp³-hybridized carbons (Fsp3) is 0.136. The van der Waals surface area contributed by atoms with Gasteiger partial charge < -0.3 is 15.2 Å². The van der Waals surface area contributed by atoms with Crippen molar-refractivity contribution in [2.24, 2.45) is 5.73 Å². The van der Waals surface area contributed by atoms with Gasteiger partial charge in [0.15, 0.2) is 0 Å². The second kappa shape index (κ2) is 9.31. The van der Waals surface area contributed by atoms with Gasteiger partial charge in [0, 0.05) is 29.0 Å². The summed E-state index contributed by atoms with van der Waals surface area (Å²) in [5, 5.41) is 0. The third-order valence-electron chi connectivity index (χ3n) is 4.63. The topological polar surface area (TPSA) is 101 Å². The van der Waals surface area contributed by atoms with Crippen LogP contribution in [0.5, 0.6) is 5.75 Å². The van der Waals surface area contributed by atoms with E-state index in [2.05, 4.69) is 15.9 Å². The molecular formula is C22H17BrF2N2O5. The zero-order valence-corrected chi connectivity index (χ0v) is 18.5. The molecule has 0 fully saturated rings. The van der Waals surface area contributed by atoms with Crippen LogP contribution in [0.4, 0.5) is 8.78 Å². The largest absolute Gasteiger partial charge is 0.487 e. The number of pyridine rings is 1. The third kappa shape index (κ3) is 4.54. The minimum atomic E-state index is -0.780. The Balaban J connectivity index is 2.08. The summed E-state index contributed by atoms with van der Waals surface area (Å²) in [7, 11) is 1.19. The van der Waals surface area contributed by atoms with Gasteiger partial charge in [0.25, 0.3) is 5.56 Å². The van der Waals surface area contributed by atoms with Crippen LogP contribution in [-0.2, 0) is 11.3 Å². The van der Waals surface area contributed by atoms with Crippen LogP contribution in [0.15, 0.2) is 51.7 Å². The van der Waals surface area contributed by atoms with Gasteiger partial charge in [-0.25, -0.2) is 13.6 Å². The number of benzene rings is 2. The van der Waals surface area contributed by atoms with Crippen LogP contribution in [0.1, 0.15) is 32.0 Å². The summed E-state index contributed by atoms with van der Waals surface area (Å²) in [4.78, 5) is 37.0. The first-order chi connectivity index (χ1) is 15.1. The second-order valence-electron chi connectivity index (χ2n) is 6.72. The molecule has 0 saturated carbocycles.